The Kier molecular flexibility index (Phi) is 3.52. The number of hydrogen-bond donors (Lipinski definition) is 0. The van der Waals surface area contributed by atoms with Crippen LogP contribution in [0.2, 0.25) is 0 Å². The number of halogens is 1. The number of aromatic nitrogens is 1. The van der Waals surface area contributed by atoms with Crippen LogP contribution in [0.3, 0.4) is 0 Å². The van der Waals surface area contributed by atoms with Gasteiger partial charge in [-0.25, -0.2) is 4.98 Å². The van der Waals surface area contributed by atoms with Crippen molar-refractivity contribution in [3.63, 3.8) is 0 Å². The van der Waals surface area contributed by atoms with E-state index in [9.17, 15) is 4.79 Å². The van der Waals surface area contributed by atoms with E-state index in [0.29, 0.717) is 29.8 Å². The van der Waals surface area contributed by atoms with Gasteiger partial charge in [0, 0.05) is 26.4 Å². The first kappa shape index (κ1) is 11.0. The second-order valence-corrected chi connectivity index (χ2v) is 3.44. The maximum atomic E-state index is 11.7. The average molecular weight is 217 g/mol. The van der Waals surface area contributed by atoms with Gasteiger partial charge in [-0.1, -0.05) is 0 Å². The molecule has 4 nitrogen and oxygen atoms in total. The first-order valence-electron chi connectivity index (χ1n) is 4.31. The lowest BCUT2D eigenvalue weighted by atomic mass is 10.3. The summed E-state index contributed by atoms with van der Waals surface area (Å²) in [5, 5.41) is 0. The van der Waals surface area contributed by atoms with Crippen molar-refractivity contribution < 1.29 is 9.21 Å². The van der Waals surface area contributed by atoms with Crippen molar-refractivity contribution in [3.05, 3.63) is 17.3 Å². The zero-order chi connectivity index (χ0) is 10.7. The molecule has 0 aliphatic heterocycles. The molecule has 1 aromatic rings. The van der Waals surface area contributed by atoms with Crippen LogP contribution >= 0.6 is 11.6 Å². The standard InChI is InChI=1S/C9H13ClN2O2/c1-6-8(14-7(2)11-6)9(13)12(3)5-4-10/h4-5H2,1-3H3. The Balaban J connectivity index is 2.83. The van der Waals surface area contributed by atoms with E-state index in [1.165, 1.54) is 4.90 Å². The zero-order valence-electron chi connectivity index (χ0n) is 8.50. The van der Waals surface area contributed by atoms with Gasteiger partial charge in [0.25, 0.3) is 5.91 Å². The van der Waals surface area contributed by atoms with Crippen LogP contribution in [-0.4, -0.2) is 35.3 Å². The highest BCUT2D eigenvalue weighted by Crippen LogP contribution is 2.11. The van der Waals surface area contributed by atoms with Gasteiger partial charge in [0.2, 0.25) is 5.76 Å². The molecule has 0 atom stereocenters. The lowest BCUT2D eigenvalue weighted by Crippen LogP contribution is -2.28. The summed E-state index contributed by atoms with van der Waals surface area (Å²) in [5.74, 6) is 1.04. The molecule has 1 amide bonds. The first-order valence-corrected chi connectivity index (χ1v) is 4.85. The predicted molar refractivity (Wildman–Crippen MR) is 53.7 cm³/mol. The van der Waals surface area contributed by atoms with Crippen LogP contribution < -0.4 is 0 Å². The first-order chi connectivity index (χ1) is 6.56. The summed E-state index contributed by atoms with van der Waals surface area (Å²) in [4.78, 5) is 17.2. The minimum Gasteiger partial charge on any atom is -0.436 e. The lowest BCUT2D eigenvalue weighted by molar-refractivity contribution is 0.0769. The van der Waals surface area contributed by atoms with Gasteiger partial charge >= 0.3 is 0 Å². The molecule has 0 saturated heterocycles. The molecule has 1 rings (SSSR count). The number of oxazole rings is 1. The van der Waals surface area contributed by atoms with E-state index in [4.69, 9.17) is 16.0 Å². The fourth-order valence-corrected chi connectivity index (χ4v) is 1.38. The quantitative estimate of drug-likeness (QED) is 0.721. The minimum absolute atomic E-state index is 0.177. The third-order valence-corrected chi connectivity index (χ3v) is 2.03. The summed E-state index contributed by atoms with van der Waals surface area (Å²) in [5.41, 5.74) is 0.619. The van der Waals surface area contributed by atoms with Crippen LogP contribution in [0, 0.1) is 13.8 Å². The van der Waals surface area contributed by atoms with Crippen molar-refractivity contribution in [1.29, 1.82) is 0 Å². The Hall–Kier alpha value is -1.03. The van der Waals surface area contributed by atoms with E-state index in [2.05, 4.69) is 4.98 Å². The number of carbonyl (C=O) groups is 1. The smallest absolute Gasteiger partial charge is 0.291 e. The molecule has 0 aromatic carbocycles. The van der Waals surface area contributed by atoms with E-state index >= 15 is 0 Å². The SMILES string of the molecule is Cc1nc(C)c(C(=O)N(C)CCCl)o1. The monoisotopic (exact) mass is 216 g/mol. The number of alkyl halides is 1. The van der Waals surface area contributed by atoms with Crippen LogP contribution in [0.4, 0.5) is 0 Å². The van der Waals surface area contributed by atoms with Crippen LogP contribution in [0.25, 0.3) is 0 Å². The molecule has 14 heavy (non-hydrogen) atoms. The van der Waals surface area contributed by atoms with Gasteiger partial charge in [-0.15, -0.1) is 11.6 Å². The number of rotatable bonds is 3. The molecule has 0 spiro atoms. The summed E-state index contributed by atoms with van der Waals surface area (Å²) in [6.07, 6.45) is 0. The second-order valence-electron chi connectivity index (χ2n) is 3.06. The summed E-state index contributed by atoms with van der Waals surface area (Å²) in [6.45, 7) is 3.96. The van der Waals surface area contributed by atoms with Gasteiger partial charge in [-0.05, 0) is 6.92 Å². The molecule has 1 heterocycles. The molecule has 0 unspecified atom stereocenters. The van der Waals surface area contributed by atoms with Crippen molar-refractivity contribution in [2.45, 2.75) is 13.8 Å². The van der Waals surface area contributed by atoms with Gasteiger partial charge in [-0.2, -0.15) is 0 Å². The largest absolute Gasteiger partial charge is 0.436 e. The number of hydrogen-bond acceptors (Lipinski definition) is 3. The van der Waals surface area contributed by atoms with Crippen LogP contribution in [0.5, 0.6) is 0 Å². The summed E-state index contributed by atoms with van der Waals surface area (Å²) >= 11 is 5.53. The van der Waals surface area contributed by atoms with E-state index in [1.807, 2.05) is 0 Å². The predicted octanol–water partition coefficient (Wildman–Crippen LogP) is 1.60. The number of nitrogens with zero attached hydrogens (tertiary/aromatic N) is 2. The average Bonchev–Trinajstić information content (AvgIpc) is 2.44. The minimum atomic E-state index is -0.177. The lowest BCUT2D eigenvalue weighted by Gasteiger charge is -2.13. The Morgan fingerprint density at radius 3 is 2.64 bits per heavy atom. The maximum absolute atomic E-state index is 11.7. The van der Waals surface area contributed by atoms with Crippen molar-refractivity contribution in [1.82, 2.24) is 9.88 Å². The van der Waals surface area contributed by atoms with Gasteiger partial charge in [-0.3, -0.25) is 4.79 Å². The summed E-state index contributed by atoms with van der Waals surface area (Å²) < 4.78 is 5.20. The van der Waals surface area contributed by atoms with E-state index in [-0.39, 0.29) is 5.91 Å². The highest BCUT2D eigenvalue weighted by molar-refractivity contribution is 6.18. The molecular weight excluding hydrogens is 204 g/mol. The molecule has 0 radical (unpaired) electrons. The number of carbonyl (C=O) groups excluding carboxylic acids is 1. The highest BCUT2D eigenvalue weighted by Gasteiger charge is 2.19. The zero-order valence-corrected chi connectivity index (χ0v) is 9.26. The molecule has 0 N–H and O–H groups in total. The molecule has 0 aliphatic carbocycles. The molecule has 0 bridgehead atoms. The molecule has 0 fully saturated rings. The Bertz CT molecular complexity index is 336. The third-order valence-electron chi connectivity index (χ3n) is 1.86. The Morgan fingerprint density at radius 1 is 1.57 bits per heavy atom. The van der Waals surface area contributed by atoms with Crippen LogP contribution in [0.15, 0.2) is 4.42 Å². The van der Waals surface area contributed by atoms with Crippen molar-refractivity contribution >= 4 is 17.5 Å². The fraction of sp³-hybridized carbons (Fsp3) is 0.556. The molecule has 1 aromatic heterocycles. The van der Waals surface area contributed by atoms with Gasteiger partial charge in [0.1, 0.15) is 0 Å². The van der Waals surface area contributed by atoms with Gasteiger partial charge in [0.05, 0.1) is 5.69 Å². The van der Waals surface area contributed by atoms with Gasteiger partial charge < -0.3 is 9.32 Å². The third kappa shape index (κ3) is 2.26. The molecule has 78 valence electrons. The van der Waals surface area contributed by atoms with Crippen LogP contribution in [-0.2, 0) is 0 Å². The summed E-state index contributed by atoms with van der Waals surface area (Å²) in [7, 11) is 1.68. The molecule has 5 heteroatoms. The summed E-state index contributed by atoms with van der Waals surface area (Å²) in [6, 6.07) is 0. The number of amides is 1. The second kappa shape index (κ2) is 4.46. The van der Waals surface area contributed by atoms with Gasteiger partial charge in [0.15, 0.2) is 5.89 Å². The van der Waals surface area contributed by atoms with E-state index in [1.54, 1.807) is 20.9 Å². The van der Waals surface area contributed by atoms with E-state index < -0.39 is 0 Å². The molecule has 0 aliphatic rings. The molecular formula is C9H13ClN2O2. The normalized spacial score (nSPS) is 10.3. The Morgan fingerprint density at radius 2 is 2.21 bits per heavy atom. The van der Waals surface area contributed by atoms with Crippen molar-refractivity contribution in [3.8, 4) is 0 Å². The van der Waals surface area contributed by atoms with Crippen LogP contribution in [0.1, 0.15) is 22.1 Å². The molecule has 0 saturated carbocycles. The topological polar surface area (TPSA) is 46.3 Å². The highest BCUT2D eigenvalue weighted by atomic mass is 35.5. The maximum Gasteiger partial charge on any atom is 0.291 e. The van der Waals surface area contributed by atoms with Crippen molar-refractivity contribution in [2.24, 2.45) is 0 Å². The van der Waals surface area contributed by atoms with E-state index in [0.717, 1.165) is 0 Å². The number of aryl methyl sites for hydroxylation is 2. The Labute approximate surface area is 87.9 Å². The van der Waals surface area contributed by atoms with Crippen molar-refractivity contribution in [2.75, 3.05) is 19.5 Å². The fourth-order valence-electron chi connectivity index (χ4n) is 1.13.